The standard InChI is InChI=1S/C11H18N2O2S/c1-13(7-9-2-4-15-5-3-9)11-12-6-10(8-14)16-11/h6,9,14H,2-5,7-8H2,1H3. The van der Waals surface area contributed by atoms with E-state index in [0.717, 1.165) is 42.6 Å². The number of aliphatic hydroxyl groups is 1. The Labute approximate surface area is 99.9 Å². The lowest BCUT2D eigenvalue weighted by Crippen LogP contribution is -2.29. The first kappa shape index (κ1) is 11.8. The highest BCUT2D eigenvalue weighted by Gasteiger charge is 2.17. The maximum Gasteiger partial charge on any atom is 0.185 e. The molecule has 1 aliphatic heterocycles. The van der Waals surface area contributed by atoms with Gasteiger partial charge >= 0.3 is 0 Å². The molecule has 0 aromatic carbocycles. The van der Waals surface area contributed by atoms with Crippen LogP contribution < -0.4 is 4.90 Å². The molecular formula is C11H18N2O2S. The van der Waals surface area contributed by atoms with Crippen LogP contribution in [0.25, 0.3) is 0 Å². The quantitative estimate of drug-likeness (QED) is 0.869. The minimum Gasteiger partial charge on any atom is -0.391 e. The third-order valence-electron chi connectivity index (χ3n) is 2.90. The summed E-state index contributed by atoms with van der Waals surface area (Å²) in [5, 5.41) is 9.99. The molecule has 0 amide bonds. The van der Waals surface area contributed by atoms with Crippen LogP contribution in [0.3, 0.4) is 0 Å². The van der Waals surface area contributed by atoms with E-state index in [1.54, 1.807) is 17.5 Å². The molecule has 0 radical (unpaired) electrons. The van der Waals surface area contributed by atoms with Gasteiger partial charge in [0.05, 0.1) is 11.5 Å². The van der Waals surface area contributed by atoms with E-state index in [1.807, 2.05) is 0 Å². The lowest BCUT2D eigenvalue weighted by atomic mass is 10.0. The van der Waals surface area contributed by atoms with Crippen LogP contribution >= 0.6 is 11.3 Å². The molecule has 1 aliphatic rings. The molecule has 2 heterocycles. The number of ether oxygens (including phenoxy) is 1. The van der Waals surface area contributed by atoms with Crippen LogP contribution in [-0.4, -0.2) is 36.9 Å². The van der Waals surface area contributed by atoms with Crippen molar-refractivity contribution >= 4 is 16.5 Å². The molecule has 0 bridgehead atoms. The summed E-state index contributed by atoms with van der Waals surface area (Å²) in [6.45, 7) is 2.89. The number of hydrogen-bond donors (Lipinski definition) is 1. The molecule has 16 heavy (non-hydrogen) atoms. The Morgan fingerprint density at radius 3 is 2.94 bits per heavy atom. The second kappa shape index (κ2) is 5.61. The van der Waals surface area contributed by atoms with Crippen molar-refractivity contribution in [2.45, 2.75) is 19.4 Å². The van der Waals surface area contributed by atoms with Crippen LogP contribution in [0, 0.1) is 5.92 Å². The maximum absolute atomic E-state index is 8.99. The minimum atomic E-state index is 0.0861. The third kappa shape index (κ3) is 2.93. The molecule has 1 N–H and O–H groups in total. The second-order valence-corrected chi connectivity index (χ2v) is 5.30. The normalized spacial score (nSPS) is 17.6. The third-order valence-corrected chi connectivity index (χ3v) is 3.99. The fourth-order valence-corrected chi connectivity index (χ4v) is 2.68. The second-order valence-electron chi connectivity index (χ2n) is 4.20. The average Bonchev–Trinajstić information content (AvgIpc) is 2.79. The van der Waals surface area contributed by atoms with E-state index in [1.165, 1.54) is 0 Å². The summed E-state index contributed by atoms with van der Waals surface area (Å²) in [4.78, 5) is 7.41. The van der Waals surface area contributed by atoms with Gasteiger partial charge in [0.25, 0.3) is 0 Å². The molecule has 4 nitrogen and oxygen atoms in total. The summed E-state index contributed by atoms with van der Waals surface area (Å²) in [6.07, 6.45) is 4.03. The van der Waals surface area contributed by atoms with Gasteiger partial charge in [0, 0.05) is 33.0 Å². The molecule has 0 aliphatic carbocycles. The maximum atomic E-state index is 8.99. The fraction of sp³-hybridized carbons (Fsp3) is 0.727. The Morgan fingerprint density at radius 2 is 2.31 bits per heavy atom. The van der Waals surface area contributed by atoms with Crippen molar-refractivity contribution in [3.05, 3.63) is 11.1 Å². The largest absolute Gasteiger partial charge is 0.391 e. The molecule has 1 aromatic rings. The van der Waals surface area contributed by atoms with Crippen LogP contribution in [0.2, 0.25) is 0 Å². The van der Waals surface area contributed by atoms with E-state index in [2.05, 4.69) is 16.9 Å². The predicted molar refractivity (Wildman–Crippen MR) is 64.8 cm³/mol. The van der Waals surface area contributed by atoms with Gasteiger partial charge in [-0.25, -0.2) is 4.98 Å². The highest BCUT2D eigenvalue weighted by atomic mass is 32.1. The van der Waals surface area contributed by atoms with Gasteiger partial charge in [0.2, 0.25) is 0 Å². The van der Waals surface area contributed by atoms with Crippen molar-refractivity contribution in [3.8, 4) is 0 Å². The van der Waals surface area contributed by atoms with E-state index < -0.39 is 0 Å². The zero-order valence-corrected chi connectivity index (χ0v) is 10.4. The van der Waals surface area contributed by atoms with Crippen LogP contribution in [-0.2, 0) is 11.3 Å². The molecule has 0 saturated carbocycles. The molecule has 0 spiro atoms. The SMILES string of the molecule is CN(CC1CCOCC1)c1ncc(CO)s1. The molecule has 90 valence electrons. The zero-order valence-electron chi connectivity index (χ0n) is 9.56. The van der Waals surface area contributed by atoms with Crippen LogP contribution in [0.4, 0.5) is 5.13 Å². The van der Waals surface area contributed by atoms with Crippen LogP contribution in [0.1, 0.15) is 17.7 Å². The summed E-state index contributed by atoms with van der Waals surface area (Å²) in [5.41, 5.74) is 0. The van der Waals surface area contributed by atoms with Gasteiger partial charge in [-0.15, -0.1) is 0 Å². The van der Waals surface area contributed by atoms with E-state index in [9.17, 15) is 0 Å². The van der Waals surface area contributed by atoms with Crippen LogP contribution in [0.15, 0.2) is 6.20 Å². The van der Waals surface area contributed by atoms with Gasteiger partial charge in [0.1, 0.15) is 0 Å². The molecule has 0 unspecified atom stereocenters. The predicted octanol–water partition coefficient (Wildman–Crippen LogP) is 1.50. The average molecular weight is 242 g/mol. The monoisotopic (exact) mass is 242 g/mol. The topological polar surface area (TPSA) is 45.6 Å². The summed E-state index contributed by atoms with van der Waals surface area (Å²) in [7, 11) is 2.06. The van der Waals surface area contributed by atoms with Gasteiger partial charge in [-0.05, 0) is 18.8 Å². The van der Waals surface area contributed by atoms with Gasteiger partial charge in [0.15, 0.2) is 5.13 Å². The van der Waals surface area contributed by atoms with Gasteiger partial charge in [-0.1, -0.05) is 11.3 Å². The fourth-order valence-electron chi connectivity index (χ4n) is 1.94. The lowest BCUT2D eigenvalue weighted by molar-refractivity contribution is 0.0685. The van der Waals surface area contributed by atoms with Crippen molar-refractivity contribution in [1.82, 2.24) is 4.98 Å². The Balaban J connectivity index is 1.88. The number of thiazole rings is 1. The molecular weight excluding hydrogens is 224 g/mol. The van der Waals surface area contributed by atoms with Crippen molar-refractivity contribution in [3.63, 3.8) is 0 Å². The first-order valence-corrected chi connectivity index (χ1v) is 6.45. The Morgan fingerprint density at radius 1 is 1.56 bits per heavy atom. The van der Waals surface area contributed by atoms with Crippen LogP contribution in [0.5, 0.6) is 0 Å². The summed E-state index contributed by atoms with van der Waals surface area (Å²) in [5.74, 6) is 0.709. The smallest absolute Gasteiger partial charge is 0.185 e. The summed E-state index contributed by atoms with van der Waals surface area (Å²) < 4.78 is 5.34. The number of nitrogens with zero attached hydrogens (tertiary/aromatic N) is 2. The van der Waals surface area contributed by atoms with Crippen molar-refractivity contribution < 1.29 is 9.84 Å². The Bertz CT molecular complexity index is 324. The van der Waals surface area contributed by atoms with Crippen molar-refractivity contribution in [1.29, 1.82) is 0 Å². The number of rotatable bonds is 4. The number of anilines is 1. The summed E-state index contributed by atoms with van der Waals surface area (Å²) in [6, 6.07) is 0. The Kier molecular flexibility index (Phi) is 4.15. The Hall–Kier alpha value is -0.650. The van der Waals surface area contributed by atoms with Crippen molar-refractivity contribution in [2.75, 3.05) is 31.7 Å². The van der Waals surface area contributed by atoms with E-state index in [-0.39, 0.29) is 6.61 Å². The molecule has 0 atom stereocenters. The van der Waals surface area contributed by atoms with Gasteiger partial charge < -0.3 is 14.7 Å². The lowest BCUT2D eigenvalue weighted by Gasteiger charge is -2.26. The first-order chi connectivity index (χ1) is 7.79. The number of aromatic nitrogens is 1. The molecule has 1 saturated heterocycles. The highest BCUT2D eigenvalue weighted by Crippen LogP contribution is 2.24. The molecule has 1 fully saturated rings. The van der Waals surface area contributed by atoms with Gasteiger partial charge in [-0.3, -0.25) is 0 Å². The summed E-state index contributed by atoms with van der Waals surface area (Å²) >= 11 is 1.56. The van der Waals surface area contributed by atoms with E-state index in [4.69, 9.17) is 9.84 Å². The molecule has 1 aromatic heterocycles. The minimum absolute atomic E-state index is 0.0861. The molecule has 2 rings (SSSR count). The van der Waals surface area contributed by atoms with Crippen molar-refractivity contribution in [2.24, 2.45) is 5.92 Å². The number of hydrogen-bond acceptors (Lipinski definition) is 5. The zero-order chi connectivity index (χ0) is 11.4. The first-order valence-electron chi connectivity index (χ1n) is 5.64. The highest BCUT2D eigenvalue weighted by molar-refractivity contribution is 7.15. The van der Waals surface area contributed by atoms with E-state index in [0.29, 0.717) is 5.92 Å². The van der Waals surface area contributed by atoms with E-state index >= 15 is 0 Å². The molecule has 5 heteroatoms. The van der Waals surface area contributed by atoms with Gasteiger partial charge in [-0.2, -0.15) is 0 Å². The number of aliphatic hydroxyl groups excluding tert-OH is 1.